The molecule has 0 saturated heterocycles. The molecule has 110 valence electrons. The fourth-order valence-electron chi connectivity index (χ4n) is 2.40. The van der Waals surface area contributed by atoms with Crippen molar-refractivity contribution in [3.63, 3.8) is 0 Å². The van der Waals surface area contributed by atoms with Gasteiger partial charge in [0.2, 0.25) is 0 Å². The van der Waals surface area contributed by atoms with Gasteiger partial charge in [0.05, 0.1) is 6.54 Å². The van der Waals surface area contributed by atoms with Crippen molar-refractivity contribution in [1.82, 2.24) is 20.1 Å². The maximum Gasteiger partial charge on any atom is 0.319 e. The van der Waals surface area contributed by atoms with E-state index in [9.17, 15) is 4.79 Å². The SMILES string of the molecule is Cc1ccc(Br)cc1NC(=O)NCc1nnc2n1CCC2. The summed E-state index contributed by atoms with van der Waals surface area (Å²) in [7, 11) is 0. The van der Waals surface area contributed by atoms with Crippen LogP contribution in [0.3, 0.4) is 0 Å². The molecule has 21 heavy (non-hydrogen) atoms. The highest BCUT2D eigenvalue weighted by Crippen LogP contribution is 2.20. The number of hydrogen-bond donors (Lipinski definition) is 2. The predicted molar refractivity (Wildman–Crippen MR) is 83.1 cm³/mol. The van der Waals surface area contributed by atoms with E-state index in [0.717, 1.165) is 46.8 Å². The van der Waals surface area contributed by atoms with Crippen LogP contribution in [0, 0.1) is 6.92 Å². The Hall–Kier alpha value is -1.89. The van der Waals surface area contributed by atoms with Gasteiger partial charge in [-0.05, 0) is 31.0 Å². The standard InChI is InChI=1S/C14H16BrN5O/c1-9-4-5-10(15)7-11(9)17-14(21)16-8-13-19-18-12-3-2-6-20(12)13/h4-5,7H,2-3,6,8H2,1H3,(H2,16,17,21). The van der Waals surface area contributed by atoms with Gasteiger partial charge in [-0.1, -0.05) is 22.0 Å². The average molecular weight is 350 g/mol. The molecule has 3 rings (SSSR count). The Morgan fingerprint density at radius 2 is 2.29 bits per heavy atom. The van der Waals surface area contributed by atoms with Crippen LogP contribution in [-0.4, -0.2) is 20.8 Å². The number of nitrogens with one attached hydrogen (secondary N) is 2. The molecule has 0 atom stereocenters. The molecule has 1 aromatic carbocycles. The number of urea groups is 1. The van der Waals surface area contributed by atoms with Gasteiger partial charge in [0, 0.05) is 23.1 Å². The van der Waals surface area contributed by atoms with Gasteiger partial charge in [0.25, 0.3) is 0 Å². The van der Waals surface area contributed by atoms with Crippen molar-refractivity contribution in [3.05, 3.63) is 39.9 Å². The van der Waals surface area contributed by atoms with E-state index < -0.39 is 0 Å². The van der Waals surface area contributed by atoms with Gasteiger partial charge in [-0.25, -0.2) is 4.79 Å². The highest BCUT2D eigenvalue weighted by Gasteiger charge is 2.17. The van der Waals surface area contributed by atoms with E-state index in [4.69, 9.17) is 0 Å². The van der Waals surface area contributed by atoms with Gasteiger partial charge in [-0.3, -0.25) is 0 Å². The van der Waals surface area contributed by atoms with Gasteiger partial charge >= 0.3 is 6.03 Å². The molecular formula is C14H16BrN5O. The summed E-state index contributed by atoms with van der Waals surface area (Å²) in [6.45, 7) is 3.27. The number of amides is 2. The first kappa shape index (κ1) is 14.1. The predicted octanol–water partition coefficient (Wildman–Crippen LogP) is 2.62. The number of hydrogen-bond acceptors (Lipinski definition) is 3. The van der Waals surface area contributed by atoms with Crippen LogP contribution in [-0.2, 0) is 19.5 Å². The number of carbonyl (C=O) groups excluding carboxylic acids is 1. The van der Waals surface area contributed by atoms with Crippen molar-refractivity contribution in [2.24, 2.45) is 0 Å². The molecule has 2 heterocycles. The van der Waals surface area contributed by atoms with Gasteiger partial charge < -0.3 is 15.2 Å². The maximum atomic E-state index is 12.0. The Morgan fingerprint density at radius 3 is 3.14 bits per heavy atom. The van der Waals surface area contributed by atoms with Crippen LogP contribution in [0.1, 0.15) is 23.6 Å². The summed E-state index contributed by atoms with van der Waals surface area (Å²) in [5.41, 5.74) is 1.80. The van der Waals surface area contributed by atoms with E-state index in [1.54, 1.807) is 0 Å². The summed E-state index contributed by atoms with van der Waals surface area (Å²) in [6.07, 6.45) is 2.07. The van der Waals surface area contributed by atoms with Crippen LogP contribution < -0.4 is 10.6 Å². The molecule has 1 aromatic heterocycles. The number of fused-ring (bicyclic) bond motifs is 1. The first-order valence-electron chi connectivity index (χ1n) is 6.85. The summed E-state index contributed by atoms with van der Waals surface area (Å²) in [6, 6.07) is 5.53. The Kier molecular flexibility index (Phi) is 3.92. The normalized spacial score (nSPS) is 13.0. The molecule has 0 bridgehead atoms. The Morgan fingerprint density at radius 1 is 1.43 bits per heavy atom. The zero-order valence-electron chi connectivity index (χ0n) is 11.7. The Bertz CT molecular complexity index is 682. The third kappa shape index (κ3) is 3.07. The first-order valence-corrected chi connectivity index (χ1v) is 7.65. The van der Waals surface area contributed by atoms with Crippen molar-refractivity contribution in [2.75, 3.05) is 5.32 Å². The molecule has 0 radical (unpaired) electrons. The first-order chi connectivity index (χ1) is 10.1. The molecule has 7 heteroatoms. The topological polar surface area (TPSA) is 71.8 Å². The smallest absolute Gasteiger partial charge is 0.319 e. The monoisotopic (exact) mass is 349 g/mol. The van der Waals surface area contributed by atoms with Crippen LogP contribution in [0.4, 0.5) is 10.5 Å². The van der Waals surface area contributed by atoms with Gasteiger partial charge in [-0.15, -0.1) is 10.2 Å². The van der Waals surface area contributed by atoms with Crippen molar-refractivity contribution in [2.45, 2.75) is 32.9 Å². The largest absolute Gasteiger partial charge is 0.331 e. The second-order valence-corrected chi connectivity index (χ2v) is 5.97. The lowest BCUT2D eigenvalue weighted by Crippen LogP contribution is -2.29. The molecule has 0 aliphatic carbocycles. The number of rotatable bonds is 3. The van der Waals surface area contributed by atoms with Crippen molar-refractivity contribution < 1.29 is 4.79 Å². The van der Waals surface area contributed by atoms with E-state index in [-0.39, 0.29) is 6.03 Å². The molecule has 2 N–H and O–H groups in total. The second kappa shape index (κ2) is 5.85. The van der Waals surface area contributed by atoms with E-state index >= 15 is 0 Å². The fourth-order valence-corrected chi connectivity index (χ4v) is 2.76. The van der Waals surface area contributed by atoms with E-state index in [1.165, 1.54) is 0 Å². The number of nitrogens with zero attached hydrogens (tertiary/aromatic N) is 3. The van der Waals surface area contributed by atoms with E-state index in [0.29, 0.717) is 6.54 Å². The van der Waals surface area contributed by atoms with Gasteiger partial charge in [0.15, 0.2) is 5.82 Å². The molecule has 1 aliphatic heterocycles. The summed E-state index contributed by atoms with van der Waals surface area (Å²) < 4.78 is 3.00. The van der Waals surface area contributed by atoms with Crippen molar-refractivity contribution in [1.29, 1.82) is 0 Å². The van der Waals surface area contributed by atoms with Crippen molar-refractivity contribution in [3.8, 4) is 0 Å². The van der Waals surface area contributed by atoms with Crippen LogP contribution in [0.5, 0.6) is 0 Å². The zero-order chi connectivity index (χ0) is 14.8. The molecule has 6 nitrogen and oxygen atoms in total. The van der Waals surface area contributed by atoms with E-state index in [1.807, 2.05) is 25.1 Å². The Balaban J connectivity index is 1.60. The zero-order valence-corrected chi connectivity index (χ0v) is 13.3. The summed E-state index contributed by atoms with van der Waals surface area (Å²) in [4.78, 5) is 12.0. The van der Waals surface area contributed by atoms with E-state index in [2.05, 4.69) is 41.3 Å². The Labute approximate surface area is 131 Å². The summed E-state index contributed by atoms with van der Waals surface area (Å²) >= 11 is 3.40. The minimum absolute atomic E-state index is 0.244. The van der Waals surface area contributed by atoms with Crippen LogP contribution in [0.2, 0.25) is 0 Å². The van der Waals surface area contributed by atoms with Crippen LogP contribution >= 0.6 is 15.9 Å². The lowest BCUT2D eigenvalue weighted by atomic mass is 10.2. The van der Waals surface area contributed by atoms with Crippen LogP contribution in [0.15, 0.2) is 22.7 Å². The highest BCUT2D eigenvalue weighted by molar-refractivity contribution is 9.10. The van der Waals surface area contributed by atoms with Gasteiger partial charge in [0.1, 0.15) is 5.82 Å². The third-order valence-corrected chi connectivity index (χ3v) is 4.03. The van der Waals surface area contributed by atoms with Crippen molar-refractivity contribution >= 4 is 27.6 Å². The second-order valence-electron chi connectivity index (χ2n) is 5.05. The fraction of sp³-hybridized carbons (Fsp3) is 0.357. The molecular weight excluding hydrogens is 334 g/mol. The molecule has 2 amide bonds. The number of anilines is 1. The number of benzene rings is 1. The lowest BCUT2D eigenvalue weighted by Gasteiger charge is -2.10. The van der Waals surface area contributed by atoms with Crippen LogP contribution in [0.25, 0.3) is 0 Å². The minimum Gasteiger partial charge on any atom is -0.331 e. The third-order valence-electron chi connectivity index (χ3n) is 3.54. The summed E-state index contributed by atoms with van der Waals surface area (Å²) in [5, 5.41) is 13.9. The van der Waals surface area contributed by atoms with Gasteiger partial charge in [-0.2, -0.15) is 0 Å². The molecule has 0 fully saturated rings. The summed E-state index contributed by atoms with van der Waals surface area (Å²) in [5.74, 6) is 1.82. The molecule has 0 unspecified atom stereocenters. The molecule has 1 aliphatic rings. The lowest BCUT2D eigenvalue weighted by molar-refractivity contribution is 0.251. The molecule has 2 aromatic rings. The number of aromatic nitrogens is 3. The number of aryl methyl sites for hydroxylation is 2. The number of halogens is 1. The minimum atomic E-state index is -0.244. The highest BCUT2D eigenvalue weighted by atomic mass is 79.9. The quantitative estimate of drug-likeness (QED) is 0.894. The number of carbonyl (C=O) groups is 1. The maximum absolute atomic E-state index is 12.0. The molecule has 0 saturated carbocycles. The molecule has 0 spiro atoms. The average Bonchev–Trinajstić information content (AvgIpc) is 3.04.